The SMILES string of the molecule is N#CN[N+](=O)c1ccc(C#N)cc1. The molecule has 0 bridgehead atoms. The summed E-state index contributed by atoms with van der Waals surface area (Å²) >= 11 is 0. The summed E-state index contributed by atoms with van der Waals surface area (Å²) in [5.41, 5.74) is 2.64. The maximum absolute atomic E-state index is 10.9. The van der Waals surface area contributed by atoms with Crippen molar-refractivity contribution in [3.63, 3.8) is 0 Å². The molecule has 1 N–H and O–H groups in total. The summed E-state index contributed by atoms with van der Waals surface area (Å²) < 4.78 is 0. The van der Waals surface area contributed by atoms with Crippen molar-refractivity contribution in [1.29, 1.82) is 10.5 Å². The number of hydrazine groups is 1. The minimum atomic E-state index is 0.278. The molecule has 13 heavy (non-hydrogen) atoms. The topological polar surface area (TPSA) is 79.7 Å². The van der Waals surface area contributed by atoms with Crippen LogP contribution in [-0.2, 0) is 0 Å². The normalized spacial score (nSPS) is 8.15. The Kier molecular flexibility index (Phi) is 2.57. The van der Waals surface area contributed by atoms with Gasteiger partial charge < -0.3 is 0 Å². The summed E-state index contributed by atoms with van der Waals surface area (Å²) in [7, 11) is 0. The van der Waals surface area contributed by atoms with Crippen LogP contribution in [0, 0.1) is 27.7 Å². The van der Waals surface area contributed by atoms with Crippen LogP contribution >= 0.6 is 0 Å². The van der Waals surface area contributed by atoms with Crippen LogP contribution in [0.2, 0.25) is 0 Å². The molecule has 0 heterocycles. The zero-order chi connectivity index (χ0) is 9.68. The van der Waals surface area contributed by atoms with E-state index in [0.717, 1.165) is 0 Å². The van der Waals surface area contributed by atoms with Gasteiger partial charge in [0, 0.05) is 12.1 Å². The summed E-state index contributed by atoms with van der Waals surface area (Å²) in [6.07, 6.45) is 1.49. The number of nitriles is 2. The van der Waals surface area contributed by atoms with E-state index in [9.17, 15) is 4.91 Å². The maximum atomic E-state index is 10.9. The third-order valence-electron chi connectivity index (χ3n) is 1.38. The van der Waals surface area contributed by atoms with Crippen molar-refractivity contribution in [1.82, 2.24) is 5.43 Å². The quantitative estimate of drug-likeness (QED) is 0.312. The molecular formula is C8H5N4O+. The first-order valence-electron chi connectivity index (χ1n) is 3.40. The Morgan fingerprint density at radius 2 is 1.85 bits per heavy atom. The van der Waals surface area contributed by atoms with Crippen LogP contribution in [0.5, 0.6) is 0 Å². The molecule has 0 spiro atoms. The molecule has 0 saturated carbocycles. The van der Waals surface area contributed by atoms with Crippen molar-refractivity contribution in [3.05, 3.63) is 34.7 Å². The largest absolute Gasteiger partial charge is 0.293 e. The van der Waals surface area contributed by atoms with Crippen LogP contribution in [0.25, 0.3) is 0 Å². The lowest BCUT2D eigenvalue weighted by Crippen LogP contribution is -2.15. The van der Waals surface area contributed by atoms with E-state index >= 15 is 0 Å². The van der Waals surface area contributed by atoms with Crippen molar-refractivity contribution < 1.29 is 4.87 Å². The zero-order valence-corrected chi connectivity index (χ0v) is 6.56. The highest BCUT2D eigenvalue weighted by Gasteiger charge is 2.11. The van der Waals surface area contributed by atoms with Gasteiger partial charge >= 0.3 is 0 Å². The second-order valence-electron chi connectivity index (χ2n) is 2.18. The minimum Gasteiger partial charge on any atom is -0.192 e. The van der Waals surface area contributed by atoms with Gasteiger partial charge in [0.1, 0.15) is 0 Å². The highest BCUT2D eigenvalue weighted by Crippen LogP contribution is 2.09. The van der Waals surface area contributed by atoms with Crippen LogP contribution in [-0.4, -0.2) is 4.87 Å². The fraction of sp³-hybridized carbons (Fsp3) is 0. The second-order valence-corrected chi connectivity index (χ2v) is 2.18. The Balaban J connectivity index is 2.89. The molecule has 0 saturated heterocycles. The monoisotopic (exact) mass is 173 g/mol. The molecule has 0 aliphatic heterocycles. The fourth-order valence-electron chi connectivity index (χ4n) is 0.781. The summed E-state index contributed by atoms with van der Waals surface area (Å²) in [5, 5.41) is 16.6. The lowest BCUT2D eigenvalue weighted by molar-refractivity contribution is -0.513. The molecule has 0 aliphatic carbocycles. The molecule has 0 unspecified atom stereocenters. The summed E-state index contributed by atoms with van der Waals surface area (Å²) in [5.74, 6) is 0. The van der Waals surface area contributed by atoms with Crippen molar-refractivity contribution in [3.8, 4) is 12.3 Å². The predicted octanol–water partition coefficient (Wildman–Crippen LogP) is 0.954. The average molecular weight is 173 g/mol. The molecule has 0 aromatic heterocycles. The van der Waals surface area contributed by atoms with Gasteiger partial charge in [0.05, 0.1) is 16.5 Å². The highest BCUT2D eigenvalue weighted by atomic mass is 16.3. The lowest BCUT2D eigenvalue weighted by atomic mass is 10.2. The Morgan fingerprint density at radius 1 is 1.23 bits per heavy atom. The third-order valence-corrected chi connectivity index (χ3v) is 1.38. The van der Waals surface area contributed by atoms with Gasteiger partial charge in [-0.1, -0.05) is 0 Å². The number of hydrogen-bond donors (Lipinski definition) is 1. The van der Waals surface area contributed by atoms with Gasteiger partial charge in [-0.05, 0) is 17.6 Å². The van der Waals surface area contributed by atoms with Gasteiger partial charge in [-0.15, -0.1) is 0 Å². The van der Waals surface area contributed by atoms with Crippen LogP contribution in [0.4, 0.5) is 5.69 Å². The molecule has 5 heteroatoms. The zero-order valence-electron chi connectivity index (χ0n) is 6.56. The van der Waals surface area contributed by atoms with Crippen molar-refractivity contribution in [2.45, 2.75) is 0 Å². The van der Waals surface area contributed by atoms with Crippen LogP contribution < -0.4 is 5.43 Å². The molecular weight excluding hydrogens is 168 g/mol. The summed E-state index contributed by atoms with van der Waals surface area (Å²) in [4.78, 5) is 11.3. The third kappa shape index (κ3) is 2.01. The molecule has 1 rings (SSSR count). The average Bonchev–Trinajstić information content (AvgIpc) is 2.18. The van der Waals surface area contributed by atoms with Gasteiger partial charge in [0.15, 0.2) is 4.87 Å². The molecule has 0 aliphatic rings. The van der Waals surface area contributed by atoms with Crippen molar-refractivity contribution in [2.75, 3.05) is 0 Å². The molecule has 1 aromatic carbocycles. The van der Waals surface area contributed by atoms with E-state index in [4.69, 9.17) is 10.5 Å². The van der Waals surface area contributed by atoms with E-state index in [1.54, 1.807) is 0 Å². The number of nitrogens with one attached hydrogen (secondary N) is 1. The van der Waals surface area contributed by atoms with E-state index in [2.05, 4.69) is 0 Å². The number of nitrogens with zero attached hydrogens (tertiary/aromatic N) is 3. The number of rotatable bonds is 2. The van der Waals surface area contributed by atoms with E-state index in [-0.39, 0.29) is 5.69 Å². The van der Waals surface area contributed by atoms with Crippen molar-refractivity contribution >= 4 is 5.69 Å². The molecule has 5 nitrogen and oxygen atoms in total. The molecule has 62 valence electrons. The Labute approximate surface area is 74.4 Å². The van der Waals surface area contributed by atoms with Crippen LogP contribution in [0.3, 0.4) is 0 Å². The maximum Gasteiger partial charge on any atom is 0.293 e. The Hall–Kier alpha value is -2.40. The first-order chi connectivity index (χ1) is 6.27. The number of benzene rings is 1. The highest BCUT2D eigenvalue weighted by molar-refractivity contribution is 5.37. The smallest absolute Gasteiger partial charge is 0.192 e. The van der Waals surface area contributed by atoms with E-state index in [0.29, 0.717) is 10.4 Å². The van der Waals surface area contributed by atoms with Gasteiger partial charge in [-0.3, -0.25) is 0 Å². The van der Waals surface area contributed by atoms with Gasteiger partial charge in [0.25, 0.3) is 5.69 Å². The second kappa shape index (κ2) is 3.84. The lowest BCUT2D eigenvalue weighted by Gasteiger charge is -1.87. The van der Waals surface area contributed by atoms with Crippen LogP contribution in [0.15, 0.2) is 24.3 Å². The molecule has 0 amide bonds. The van der Waals surface area contributed by atoms with E-state index < -0.39 is 0 Å². The number of hydrogen-bond acceptors (Lipinski definition) is 3. The van der Waals surface area contributed by atoms with E-state index in [1.807, 2.05) is 11.5 Å². The minimum absolute atomic E-state index is 0.278. The molecule has 0 fully saturated rings. The van der Waals surface area contributed by atoms with Gasteiger partial charge in [0.2, 0.25) is 6.19 Å². The first kappa shape index (κ1) is 8.69. The van der Waals surface area contributed by atoms with Gasteiger partial charge in [-0.25, -0.2) is 0 Å². The van der Waals surface area contributed by atoms with Crippen LogP contribution in [0.1, 0.15) is 5.56 Å². The van der Waals surface area contributed by atoms with Gasteiger partial charge in [-0.2, -0.15) is 10.5 Å². The molecule has 0 radical (unpaired) electrons. The Bertz CT molecular complexity index is 396. The fourth-order valence-corrected chi connectivity index (χ4v) is 0.781. The number of nitroso groups, excluding NO2 is 1. The summed E-state index contributed by atoms with van der Waals surface area (Å²) in [6, 6.07) is 7.83. The Morgan fingerprint density at radius 3 is 2.31 bits per heavy atom. The molecule has 0 atom stereocenters. The van der Waals surface area contributed by atoms with E-state index in [1.165, 1.54) is 30.5 Å². The summed E-state index contributed by atoms with van der Waals surface area (Å²) in [6.45, 7) is 0. The molecule has 1 aromatic rings. The first-order valence-corrected chi connectivity index (χ1v) is 3.40. The van der Waals surface area contributed by atoms with Crippen molar-refractivity contribution in [2.24, 2.45) is 0 Å². The predicted molar refractivity (Wildman–Crippen MR) is 43.2 cm³/mol. The standard InChI is InChI=1S/C8H5N4O/c9-5-7-1-3-8(4-2-7)12(13)11-6-10/h1-4H,(H,11,13)/q+1.